The van der Waals surface area contributed by atoms with Crippen LogP contribution in [0.1, 0.15) is 31.7 Å². The van der Waals surface area contributed by atoms with Crippen molar-refractivity contribution >= 4 is 21.8 Å². The first-order valence-corrected chi connectivity index (χ1v) is 7.48. The van der Waals surface area contributed by atoms with Gasteiger partial charge >= 0.3 is 0 Å². The van der Waals surface area contributed by atoms with Gasteiger partial charge in [0.05, 0.1) is 0 Å². The Hall–Kier alpha value is -0.830. The lowest BCUT2D eigenvalue weighted by molar-refractivity contribution is -0.122. The summed E-state index contributed by atoms with van der Waals surface area (Å²) in [5.74, 6) is 1.35. The van der Waals surface area contributed by atoms with Crippen LogP contribution < -0.4 is 5.32 Å². The largest absolute Gasteiger partial charge is 0.355 e. The molecule has 3 atom stereocenters. The van der Waals surface area contributed by atoms with E-state index in [1.54, 1.807) is 0 Å². The number of carbonyl (C=O) groups excluding carboxylic acids is 1. The highest BCUT2D eigenvalue weighted by Crippen LogP contribution is 2.47. The first-order valence-electron chi connectivity index (χ1n) is 6.56. The molecule has 1 amide bonds. The number of benzene rings is 1. The number of amides is 1. The first-order chi connectivity index (χ1) is 8.59. The second-order valence-corrected chi connectivity index (χ2v) is 6.54. The normalized spacial score (nSPS) is 23.8. The zero-order chi connectivity index (χ0) is 13.1. The quantitative estimate of drug-likeness (QED) is 0.831. The maximum absolute atomic E-state index is 12.0. The van der Waals surface area contributed by atoms with Gasteiger partial charge in [-0.3, -0.25) is 4.79 Å². The molecule has 18 heavy (non-hydrogen) atoms. The van der Waals surface area contributed by atoms with Crippen molar-refractivity contribution in [2.45, 2.75) is 31.0 Å². The molecule has 2 nitrogen and oxygen atoms in total. The molecule has 98 valence electrons. The predicted octanol–water partition coefficient (Wildman–Crippen LogP) is 3.33. The van der Waals surface area contributed by atoms with Gasteiger partial charge in [0.15, 0.2) is 0 Å². The van der Waals surface area contributed by atoms with Crippen molar-refractivity contribution < 1.29 is 4.79 Å². The molecular formula is C15H20BrNO. The van der Waals surface area contributed by atoms with Gasteiger partial charge in [0.1, 0.15) is 0 Å². The molecule has 0 aromatic heterocycles. The van der Waals surface area contributed by atoms with Crippen molar-refractivity contribution in [3.63, 3.8) is 0 Å². The zero-order valence-corrected chi connectivity index (χ0v) is 12.5. The molecule has 0 bridgehead atoms. The molecule has 1 fully saturated rings. The molecule has 1 aromatic rings. The summed E-state index contributed by atoms with van der Waals surface area (Å²) >= 11 is 3.59. The van der Waals surface area contributed by atoms with E-state index in [0.29, 0.717) is 23.2 Å². The summed E-state index contributed by atoms with van der Waals surface area (Å²) in [7, 11) is 0. The lowest BCUT2D eigenvalue weighted by Crippen LogP contribution is -2.33. The maximum Gasteiger partial charge on any atom is 0.223 e. The average molecular weight is 310 g/mol. The van der Waals surface area contributed by atoms with Crippen LogP contribution in [0.4, 0.5) is 0 Å². The van der Waals surface area contributed by atoms with Crippen LogP contribution in [0.15, 0.2) is 30.3 Å². The van der Waals surface area contributed by atoms with Gasteiger partial charge in [0.2, 0.25) is 5.91 Å². The van der Waals surface area contributed by atoms with Gasteiger partial charge in [-0.15, -0.1) is 0 Å². The van der Waals surface area contributed by atoms with Crippen molar-refractivity contribution in [1.82, 2.24) is 5.32 Å². The minimum absolute atomic E-state index is 0.180. The second-order valence-electron chi connectivity index (χ2n) is 5.36. The molecule has 1 N–H and O–H groups in total. The van der Waals surface area contributed by atoms with E-state index in [-0.39, 0.29) is 11.8 Å². The summed E-state index contributed by atoms with van der Waals surface area (Å²) in [4.78, 5) is 12.3. The summed E-state index contributed by atoms with van der Waals surface area (Å²) < 4.78 is 0. The third kappa shape index (κ3) is 3.35. The number of alkyl halides is 1. The number of hydrogen-bond acceptors (Lipinski definition) is 1. The second kappa shape index (κ2) is 5.87. The van der Waals surface area contributed by atoms with Crippen LogP contribution in [0.3, 0.4) is 0 Å². The highest BCUT2D eigenvalue weighted by atomic mass is 79.9. The van der Waals surface area contributed by atoms with Gasteiger partial charge in [-0.2, -0.15) is 0 Å². The Morgan fingerprint density at radius 2 is 2.06 bits per heavy atom. The zero-order valence-electron chi connectivity index (χ0n) is 10.9. The minimum atomic E-state index is 0.180. The Morgan fingerprint density at radius 3 is 2.67 bits per heavy atom. The van der Waals surface area contributed by atoms with E-state index in [4.69, 9.17) is 0 Å². The molecule has 1 aliphatic rings. The predicted molar refractivity (Wildman–Crippen MR) is 77.9 cm³/mol. The van der Waals surface area contributed by atoms with Crippen LogP contribution >= 0.6 is 15.9 Å². The van der Waals surface area contributed by atoms with Crippen LogP contribution in [0.25, 0.3) is 0 Å². The van der Waals surface area contributed by atoms with Crippen LogP contribution in [0.5, 0.6) is 0 Å². The van der Waals surface area contributed by atoms with Crippen LogP contribution in [-0.4, -0.2) is 17.3 Å². The maximum atomic E-state index is 12.0. The molecule has 0 radical (unpaired) electrons. The van der Waals surface area contributed by atoms with Crippen LogP contribution in [-0.2, 0) is 4.79 Å². The monoisotopic (exact) mass is 309 g/mol. The first kappa shape index (κ1) is 13.6. The Balaban J connectivity index is 1.80. The van der Waals surface area contributed by atoms with Gasteiger partial charge in [-0.25, -0.2) is 0 Å². The molecule has 1 aliphatic carbocycles. The Morgan fingerprint density at radius 1 is 1.39 bits per heavy atom. The van der Waals surface area contributed by atoms with E-state index in [2.05, 4.69) is 47.2 Å². The Kier molecular flexibility index (Phi) is 4.44. The minimum Gasteiger partial charge on any atom is -0.355 e. The van der Waals surface area contributed by atoms with Crippen molar-refractivity contribution in [2.24, 2.45) is 11.8 Å². The van der Waals surface area contributed by atoms with Crippen LogP contribution in [0, 0.1) is 11.8 Å². The number of nitrogens with one attached hydrogen (secondary N) is 1. The average Bonchev–Trinajstić information content (AvgIpc) is 3.16. The number of rotatable bonds is 5. The van der Waals surface area contributed by atoms with Gasteiger partial charge in [-0.05, 0) is 23.8 Å². The summed E-state index contributed by atoms with van der Waals surface area (Å²) in [6, 6.07) is 10.3. The van der Waals surface area contributed by atoms with Gasteiger partial charge < -0.3 is 5.32 Å². The number of hydrogen-bond donors (Lipinski definition) is 1. The molecule has 1 aromatic carbocycles. The van der Waals surface area contributed by atoms with E-state index >= 15 is 0 Å². The summed E-state index contributed by atoms with van der Waals surface area (Å²) in [5.41, 5.74) is 1.29. The summed E-state index contributed by atoms with van der Waals surface area (Å²) in [6.45, 7) is 5.01. The van der Waals surface area contributed by atoms with Crippen LogP contribution in [0.2, 0.25) is 0 Å². The molecule has 3 heteroatoms. The van der Waals surface area contributed by atoms with Gasteiger partial charge in [-0.1, -0.05) is 60.1 Å². The number of carbonyl (C=O) groups is 1. The van der Waals surface area contributed by atoms with E-state index in [1.807, 2.05) is 18.2 Å². The molecule has 0 aliphatic heterocycles. The fraction of sp³-hybridized carbons (Fsp3) is 0.533. The van der Waals surface area contributed by atoms with Gasteiger partial charge in [0, 0.05) is 17.3 Å². The molecule has 2 rings (SSSR count). The van der Waals surface area contributed by atoms with Crippen molar-refractivity contribution in [3.8, 4) is 0 Å². The highest BCUT2D eigenvalue weighted by molar-refractivity contribution is 9.09. The Bertz CT molecular complexity index is 404. The fourth-order valence-electron chi connectivity index (χ4n) is 2.12. The molecular weight excluding hydrogens is 290 g/mol. The van der Waals surface area contributed by atoms with Crippen molar-refractivity contribution in [3.05, 3.63) is 35.9 Å². The lowest BCUT2D eigenvalue weighted by atomic mass is 10.1. The SMILES string of the molecule is CC(C)C(Br)CNC(=O)C1CC1c1ccccc1. The molecule has 0 saturated heterocycles. The van der Waals surface area contributed by atoms with E-state index in [1.165, 1.54) is 5.56 Å². The van der Waals surface area contributed by atoms with Crippen molar-refractivity contribution in [1.29, 1.82) is 0 Å². The van der Waals surface area contributed by atoms with Crippen molar-refractivity contribution in [2.75, 3.05) is 6.54 Å². The van der Waals surface area contributed by atoms with Gasteiger partial charge in [0.25, 0.3) is 0 Å². The smallest absolute Gasteiger partial charge is 0.223 e. The molecule has 0 heterocycles. The standard InChI is InChI=1S/C15H20BrNO/c1-10(2)14(16)9-17-15(18)13-8-12(13)11-6-4-3-5-7-11/h3-7,10,12-14H,8-9H2,1-2H3,(H,17,18). The van der Waals surface area contributed by atoms with E-state index in [0.717, 1.165) is 6.42 Å². The highest BCUT2D eigenvalue weighted by Gasteiger charge is 2.43. The lowest BCUT2D eigenvalue weighted by Gasteiger charge is -2.14. The third-order valence-electron chi connectivity index (χ3n) is 3.55. The van der Waals surface area contributed by atoms with E-state index < -0.39 is 0 Å². The third-order valence-corrected chi connectivity index (χ3v) is 4.93. The fourth-order valence-corrected chi connectivity index (χ4v) is 2.28. The number of halogens is 1. The molecule has 0 spiro atoms. The molecule has 1 saturated carbocycles. The Labute approximate surface area is 117 Å². The molecule has 3 unspecified atom stereocenters. The summed E-state index contributed by atoms with van der Waals surface area (Å²) in [6.07, 6.45) is 0.991. The van der Waals surface area contributed by atoms with E-state index in [9.17, 15) is 4.79 Å². The topological polar surface area (TPSA) is 29.1 Å². The summed E-state index contributed by atoms with van der Waals surface area (Å²) in [5, 5.41) is 3.04.